The van der Waals surface area contributed by atoms with E-state index in [1.807, 2.05) is 38.1 Å². The average molecular weight is 451 g/mol. The van der Waals surface area contributed by atoms with Crippen LogP contribution in [-0.2, 0) is 16.0 Å². The normalized spacial score (nSPS) is 12.5. The third kappa shape index (κ3) is 4.25. The van der Waals surface area contributed by atoms with E-state index in [2.05, 4.69) is 29.2 Å². The summed E-state index contributed by atoms with van der Waals surface area (Å²) in [6, 6.07) is 16.4. The maximum Gasteiger partial charge on any atom is 0.416 e. The molecule has 0 fully saturated rings. The molecule has 0 spiro atoms. The molecule has 1 N–H and O–H groups in total. The summed E-state index contributed by atoms with van der Waals surface area (Å²) >= 11 is 1.27. The number of aromatic nitrogens is 1. The highest BCUT2D eigenvalue weighted by atomic mass is 32.1. The number of hydrogen-bond donors (Lipinski definition) is 1. The average Bonchev–Trinajstić information content (AvgIpc) is 3.37. The van der Waals surface area contributed by atoms with Crippen molar-refractivity contribution in [3.63, 3.8) is 0 Å². The summed E-state index contributed by atoms with van der Waals surface area (Å²) in [4.78, 5) is 30.3. The van der Waals surface area contributed by atoms with E-state index in [0.29, 0.717) is 10.8 Å². The highest BCUT2D eigenvalue weighted by Gasteiger charge is 2.32. The number of fused-ring (bicyclic) bond motifs is 3. The number of anilines is 1. The zero-order chi connectivity index (χ0) is 22.7. The maximum absolute atomic E-state index is 13.3. The van der Waals surface area contributed by atoms with Gasteiger partial charge in [-0.1, -0.05) is 62.4 Å². The molecule has 0 saturated carbocycles. The number of carboxylic acids is 1. The molecule has 6 nitrogen and oxygen atoms in total. The smallest absolute Gasteiger partial charge is 0.416 e. The van der Waals surface area contributed by atoms with Crippen LogP contribution in [0.1, 0.15) is 49.4 Å². The molecule has 32 heavy (non-hydrogen) atoms. The van der Waals surface area contributed by atoms with Crippen LogP contribution in [0.2, 0.25) is 0 Å². The van der Waals surface area contributed by atoms with E-state index in [1.54, 1.807) is 10.3 Å². The van der Waals surface area contributed by atoms with Gasteiger partial charge in [0.05, 0.1) is 12.1 Å². The Kier molecular flexibility index (Phi) is 6.55. The number of carboxylic acid groups (broad SMARTS) is 1. The fourth-order valence-electron chi connectivity index (χ4n) is 4.34. The summed E-state index contributed by atoms with van der Waals surface area (Å²) in [5.74, 6) is -0.967. The number of ether oxygens (including phenoxy) is 1. The quantitative estimate of drug-likeness (QED) is 0.475. The first-order chi connectivity index (χ1) is 15.5. The molecule has 0 unspecified atom stereocenters. The molecule has 3 aromatic rings. The van der Waals surface area contributed by atoms with E-state index in [1.165, 1.54) is 22.5 Å². The lowest BCUT2D eigenvalue weighted by Gasteiger charge is -2.28. The van der Waals surface area contributed by atoms with Crippen molar-refractivity contribution in [2.24, 2.45) is 0 Å². The van der Waals surface area contributed by atoms with Crippen LogP contribution < -0.4 is 4.90 Å². The second-order valence-electron chi connectivity index (χ2n) is 7.84. The Morgan fingerprint density at radius 3 is 2.22 bits per heavy atom. The molecular weight excluding hydrogens is 424 g/mol. The van der Waals surface area contributed by atoms with Gasteiger partial charge in [-0.3, -0.25) is 4.79 Å². The minimum atomic E-state index is -0.947. The Morgan fingerprint density at radius 2 is 1.66 bits per heavy atom. The highest BCUT2D eigenvalue weighted by Crippen LogP contribution is 2.44. The Hall–Kier alpha value is -3.19. The molecule has 1 amide bonds. The van der Waals surface area contributed by atoms with Crippen LogP contribution in [0.15, 0.2) is 53.9 Å². The molecule has 1 aliphatic carbocycles. The van der Waals surface area contributed by atoms with Gasteiger partial charge in [-0.15, -0.1) is 11.3 Å². The number of aliphatic carboxylic acids is 1. The topological polar surface area (TPSA) is 79.7 Å². The molecule has 0 atom stereocenters. The van der Waals surface area contributed by atoms with Crippen LogP contribution in [-0.4, -0.2) is 34.8 Å². The Balaban J connectivity index is 1.57. The number of nitrogens with zero attached hydrogens (tertiary/aromatic N) is 2. The van der Waals surface area contributed by atoms with Crippen LogP contribution in [0.25, 0.3) is 11.1 Å². The summed E-state index contributed by atoms with van der Waals surface area (Å²) in [5, 5.41) is 11.2. The third-order valence-electron chi connectivity index (χ3n) is 5.92. The van der Waals surface area contributed by atoms with Gasteiger partial charge in [0.15, 0.2) is 5.13 Å². The van der Waals surface area contributed by atoms with E-state index in [4.69, 9.17) is 9.84 Å². The number of hydrogen-bond acceptors (Lipinski definition) is 5. The van der Waals surface area contributed by atoms with Gasteiger partial charge in [0, 0.05) is 17.3 Å². The van der Waals surface area contributed by atoms with Crippen molar-refractivity contribution < 1.29 is 19.4 Å². The number of carbonyl (C=O) groups is 2. The van der Waals surface area contributed by atoms with E-state index < -0.39 is 12.1 Å². The monoisotopic (exact) mass is 450 g/mol. The van der Waals surface area contributed by atoms with Crippen LogP contribution in [0, 0.1) is 0 Å². The van der Waals surface area contributed by atoms with Gasteiger partial charge >= 0.3 is 12.1 Å². The molecule has 4 rings (SSSR count). The van der Waals surface area contributed by atoms with Crippen molar-refractivity contribution in [3.05, 3.63) is 70.7 Å². The van der Waals surface area contributed by atoms with Crippen LogP contribution in [0.5, 0.6) is 0 Å². The van der Waals surface area contributed by atoms with Gasteiger partial charge < -0.3 is 9.84 Å². The van der Waals surface area contributed by atoms with Gasteiger partial charge in [-0.25, -0.2) is 14.7 Å². The van der Waals surface area contributed by atoms with Gasteiger partial charge in [-0.05, 0) is 35.1 Å². The summed E-state index contributed by atoms with van der Waals surface area (Å²) in [7, 11) is 0. The molecule has 0 aliphatic heterocycles. The van der Waals surface area contributed by atoms with E-state index in [0.717, 1.165) is 24.0 Å². The van der Waals surface area contributed by atoms with Crippen molar-refractivity contribution in [2.75, 3.05) is 11.5 Å². The van der Waals surface area contributed by atoms with Gasteiger partial charge in [0.1, 0.15) is 6.61 Å². The van der Waals surface area contributed by atoms with Crippen LogP contribution in [0.3, 0.4) is 0 Å². The second-order valence-corrected chi connectivity index (χ2v) is 8.67. The first-order valence-corrected chi connectivity index (χ1v) is 11.7. The van der Waals surface area contributed by atoms with Crippen LogP contribution in [0.4, 0.5) is 9.93 Å². The molecular formula is C25H26N2O4S. The molecule has 1 aromatic heterocycles. The fourth-order valence-corrected chi connectivity index (χ4v) is 5.23. The molecule has 7 heteroatoms. The first-order valence-electron chi connectivity index (χ1n) is 10.8. The Morgan fingerprint density at radius 1 is 1.06 bits per heavy atom. The predicted molar refractivity (Wildman–Crippen MR) is 125 cm³/mol. The summed E-state index contributed by atoms with van der Waals surface area (Å²) < 4.78 is 5.87. The standard InChI is InChI=1S/C25H26N2O4S/c1-3-17(4-2)27(24-26-16(15-32-24)13-23(28)29)25(30)31-14-22-20-11-7-5-9-18(20)19-10-6-8-12-21(19)22/h5-12,15,17,22H,3-4,13-14H2,1-2H3,(H,28,29). The zero-order valence-corrected chi connectivity index (χ0v) is 19.0. The maximum atomic E-state index is 13.3. The minimum absolute atomic E-state index is 0.0197. The van der Waals surface area contributed by atoms with Crippen LogP contribution >= 0.6 is 11.3 Å². The highest BCUT2D eigenvalue weighted by molar-refractivity contribution is 7.14. The van der Waals surface area contributed by atoms with E-state index in [9.17, 15) is 9.59 Å². The lowest BCUT2D eigenvalue weighted by molar-refractivity contribution is -0.136. The number of carbonyl (C=O) groups excluding carboxylic acids is 1. The molecule has 0 saturated heterocycles. The van der Waals surface area contributed by atoms with E-state index >= 15 is 0 Å². The summed E-state index contributed by atoms with van der Waals surface area (Å²) in [6.07, 6.45) is 0.873. The van der Waals surface area contributed by atoms with Crippen molar-refractivity contribution in [1.29, 1.82) is 0 Å². The molecule has 0 bridgehead atoms. The molecule has 1 heterocycles. The van der Waals surface area contributed by atoms with Gasteiger partial charge in [0.2, 0.25) is 0 Å². The summed E-state index contributed by atoms with van der Waals surface area (Å²) in [5.41, 5.74) is 5.13. The van der Waals surface area contributed by atoms with E-state index in [-0.39, 0.29) is 25.0 Å². The fraction of sp³-hybridized carbons (Fsp3) is 0.320. The first kappa shape index (κ1) is 22.0. The second kappa shape index (κ2) is 9.53. The molecule has 1 aliphatic rings. The molecule has 0 radical (unpaired) electrons. The number of benzene rings is 2. The van der Waals surface area contributed by atoms with Crippen molar-refractivity contribution in [3.8, 4) is 11.1 Å². The zero-order valence-electron chi connectivity index (χ0n) is 18.2. The lowest BCUT2D eigenvalue weighted by Crippen LogP contribution is -2.40. The predicted octanol–water partition coefficient (Wildman–Crippen LogP) is 5.71. The largest absolute Gasteiger partial charge is 0.481 e. The number of amides is 1. The Bertz CT molecular complexity index is 1080. The molecule has 166 valence electrons. The van der Waals surface area contributed by atoms with Crippen molar-refractivity contribution >= 4 is 28.5 Å². The SMILES string of the molecule is CCC(CC)N(C(=O)OCC1c2ccccc2-c2ccccc21)c1nc(CC(=O)O)cs1. The lowest BCUT2D eigenvalue weighted by atomic mass is 9.98. The van der Waals surface area contributed by atoms with Gasteiger partial charge in [0.25, 0.3) is 0 Å². The van der Waals surface area contributed by atoms with Crippen molar-refractivity contribution in [1.82, 2.24) is 4.98 Å². The van der Waals surface area contributed by atoms with Gasteiger partial charge in [-0.2, -0.15) is 0 Å². The number of rotatable bonds is 8. The summed E-state index contributed by atoms with van der Waals surface area (Å²) in [6.45, 7) is 4.27. The minimum Gasteiger partial charge on any atom is -0.481 e. The Labute approximate surface area is 191 Å². The number of thiazole rings is 1. The molecule has 2 aromatic carbocycles. The third-order valence-corrected chi connectivity index (χ3v) is 6.81. The van der Waals surface area contributed by atoms with Crippen molar-refractivity contribution in [2.45, 2.75) is 45.1 Å².